The van der Waals surface area contributed by atoms with E-state index < -0.39 is 0 Å². The van der Waals surface area contributed by atoms with Crippen molar-refractivity contribution in [1.82, 2.24) is 4.90 Å². The third-order valence-corrected chi connectivity index (χ3v) is 3.44. The summed E-state index contributed by atoms with van der Waals surface area (Å²) in [4.78, 5) is 12.9. The van der Waals surface area contributed by atoms with Crippen molar-refractivity contribution in [2.45, 2.75) is 39.5 Å². The van der Waals surface area contributed by atoms with Crippen molar-refractivity contribution < 1.29 is 4.79 Å². The van der Waals surface area contributed by atoms with Crippen molar-refractivity contribution in [3.05, 3.63) is 35.4 Å². The van der Waals surface area contributed by atoms with Gasteiger partial charge in [-0.2, -0.15) is 0 Å². The second-order valence-electron chi connectivity index (χ2n) is 5.44. The second kappa shape index (κ2) is 5.35. The highest BCUT2D eigenvalue weighted by Crippen LogP contribution is 2.27. The third-order valence-electron chi connectivity index (χ3n) is 3.44. The molecule has 0 unspecified atom stereocenters. The first-order valence-corrected chi connectivity index (χ1v) is 6.12. The van der Waals surface area contributed by atoms with Crippen LogP contribution in [0.3, 0.4) is 0 Å². The fourth-order valence-corrected chi connectivity index (χ4v) is 1.75. The fraction of sp³-hybridized carbons (Fsp3) is 0.533. The number of carbonyl (C=O) groups excluding carboxylic acids is 1. The molecule has 1 aromatic carbocycles. The summed E-state index contributed by atoms with van der Waals surface area (Å²) in [7, 11) is 1.85. The average Bonchev–Trinajstić information content (AvgIpc) is 2.26. The Balaban J connectivity index is 2.68. The van der Waals surface area contributed by atoms with E-state index in [2.05, 4.69) is 45.0 Å². The van der Waals surface area contributed by atoms with E-state index in [4.69, 9.17) is 0 Å². The molecule has 0 aliphatic carbocycles. The minimum atomic E-state index is 0.109. The maximum atomic E-state index is 11.2. The zero-order valence-electron chi connectivity index (χ0n) is 11.6. The number of benzene rings is 1. The molecule has 0 heterocycles. The Kier molecular flexibility index (Phi) is 4.33. The van der Waals surface area contributed by atoms with Crippen molar-refractivity contribution in [2.75, 3.05) is 13.6 Å². The Morgan fingerprint density at radius 3 is 2.24 bits per heavy atom. The van der Waals surface area contributed by atoms with Gasteiger partial charge < -0.3 is 4.90 Å². The lowest BCUT2D eigenvalue weighted by Gasteiger charge is -2.28. The van der Waals surface area contributed by atoms with Gasteiger partial charge in [0.2, 0.25) is 5.91 Å². The highest BCUT2D eigenvalue weighted by molar-refractivity contribution is 5.72. The van der Waals surface area contributed by atoms with Crippen LogP contribution in [0.2, 0.25) is 0 Å². The van der Waals surface area contributed by atoms with Gasteiger partial charge in [0.25, 0.3) is 0 Å². The molecule has 0 saturated carbocycles. The molecule has 2 nitrogen and oxygen atoms in total. The number of hydrogen-bond donors (Lipinski definition) is 0. The number of aryl methyl sites for hydroxylation is 1. The molecule has 0 N–H and O–H groups in total. The van der Waals surface area contributed by atoms with Crippen molar-refractivity contribution in [3.63, 3.8) is 0 Å². The van der Waals surface area contributed by atoms with Gasteiger partial charge in [-0.1, -0.05) is 43.7 Å². The lowest BCUT2D eigenvalue weighted by molar-refractivity contribution is -0.127. The van der Waals surface area contributed by atoms with Crippen LogP contribution in [-0.4, -0.2) is 24.4 Å². The number of nitrogens with zero attached hydrogens (tertiary/aromatic N) is 1. The van der Waals surface area contributed by atoms with Crippen LogP contribution in [0.1, 0.15) is 38.3 Å². The van der Waals surface area contributed by atoms with Crippen molar-refractivity contribution in [1.29, 1.82) is 0 Å². The summed E-state index contributed by atoms with van der Waals surface area (Å²) in [6.45, 7) is 8.96. The van der Waals surface area contributed by atoms with Gasteiger partial charge in [-0.05, 0) is 24.3 Å². The maximum absolute atomic E-state index is 11.2. The molecule has 0 spiro atoms. The van der Waals surface area contributed by atoms with E-state index in [9.17, 15) is 4.79 Å². The van der Waals surface area contributed by atoms with Crippen molar-refractivity contribution >= 4 is 5.91 Å². The lowest BCUT2D eigenvalue weighted by Crippen LogP contribution is -2.30. The third kappa shape index (κ3) is 3.88. The zero-order valence-corrected chi connectivity index (χ0v) is 11.6. The topological polar surface area (TPSA) is 20.3 Å². The summed E-state index contributed by atoms with van der Waals surface area (Å²) in [6, 6.07) is 8.66. The highest BCUT2D eigenvalue weighted by atomic mass is 16.2. The largest absolute Gasteiger partial charge is 0.346 e. The normalized spacial score (nSPS) is 11.4. The molecule has 0 fully saturated rings. The van der Waals surface area contributed by atoms with Crippen LogP contribution in [0.5, 0.6) is 0 Å². The SMILES string of the molecule is CC(=O)N(C)CCC(C)(C)c1ccc(C)cc1. The van der Waals surface area contributed by atoms with E-state index in [1.807, 2.05) is 7.05 Å². The molecule has 0 atom stereocenters. The molecule has 0 aliphatic heterocycles. The Morgan fingerprint density at radius 2 is 1.76 bits per heavy atom. The molecule has 0 bridgehead atoms. The van der Waals surface area contributed by atoms with E-state index >= 15 is 0 Å². The average molecular weight is 233 g/mol. The summed E-state index contributed by atoms with van der Waals surface area (Å²) in [5, 5.41) is 0. The molecule has 1 aromatic rings. The van der Waals surface area contributed by atoms with E-state index in [1.165, 1.54) is 11.1 Å². The second-order valence-corrected chi connectivity index (χ2v) is 5.44. The minimum Gasteiger partial charge on any atom is -0.346 e. The molecular weight excluding hydrogens is 210 g/mol. The minimum absolute atomic E-state index is 0.109. The van der Waals surface area contributed by atoms with E-state index in [1.54, 1.807) is 11.8 Å². The van der Waals surface area contributed by atoms with Gasteiger partial charge in [0.15, 0.2) is 0 Å². The van der Waals surface area contributed by atoms with Crippen molar-refractivity contribution in [2.24, 2.45) is 0 Å². The van der Waals surface area contributed by atoms with Crippen LogP contribution in [0.4, 0.5) is 0 Å². The zero-order chi connectivity index (χ0) is 13.1. The van der Waals surface area contributed by atoms with Gasteiger partial charge in [-0.25, -0.2) is 0 Å². The Labute approximate surface area is 105 Å². The number of amides is 1. The number of rotatable bonds is 4. The molecule has 17 heavy (non-hydrogen) atoms. The van der Waals surface area contributed by atoms with Gasteiger partial charge in [0, 0.05) is 20.5 Å². The van der Waals surface area contributed by atoms with Gasteiger partial charge in [0.1, 0.15) is 0 Å². The quantitative estimate of drug-likeness (QED) is 0.782. The molecule has 94 valence electrons. The summed E-state index contributed by atoms with van der Waals surface area (Å²) in [5.74, 6) is 0.129. The van der Waals surface area contributed by atoms with E-state index in [0.29, 0.717) is 0 Å². The summed E-state index contributed by atoms with van der Waals surface area (Å²) >= 11 is 0. The fourth-order valence-electron chi connectivity index (χ4n) is 1.75. The van der Waals surface area contributed by atoms with Crippen LogP contribution < -0.4 is 0 Å². The Morgan fingerprint density at radius 1 is 1.24 bits per heavy atom. The standard InChI is InChI=1S/C15H23NO/c1-12-6-8-14(9-7-12)15(3,4)10-11-16(5)13(2)17/h6-9H,10-11H2,1-5H3. The van der Waals surface area contributed by atoms with Crippen LogP contribution in [0.25, 0.3) is 0 Å². The Hall–Kier alpha value is -1.31. The van der Waals surface area contributed by atoms with Gasteiger partial charge in [-0.3, -0.25) is 4.79 Å². The number of carbonyl (C=O) groups is 1. The predicted octanol–water partition coefficient (Wildman–Crippen LogP) is 3.14. The predicted molar refractivity (Wildman–Crippen MR) is 72.1 cm³/mol. The Bertz CT molecular complexity index is 378. The van der Waals surface area contributed by atoms with Gasteiger partial charge in [-0.15, -0.1) is 0 Å². The highest BCUT2D eigenvalue weighted by Gasteiger charge is 2.21. The molecule has 0 saturated heterocycles. The maximum Gasteiger partial charge on any atom is 0.219 e. The van der Waals surface area contributed by atoms with Crippen LogP contribution in [-0.2, 0) is 10.2 Å². The van der Waals surface area contributed by atoms with Crippen LogP contribution in [0.15, 0.2) is 24.3 Å². The lowest BCUT2D eigenvalue weighted by atomic mass is 9.81. The molecule has 1 rings (SSSR count). The first kappa shape index (κ1) is 13.8. The smallest absolute Gasteiger partial charge is 0.219 e. The molecule has 0 radical (unpaired) electrons. The summed E-state index contributed by atoms with van der Waals surface area (Å²) in [6.07, 6.45) is 0.978. The first-order valence-electron chi connectivity index (χ1n) is 6.12. The van der Waals surface area contributed by atoms with E-state index in [0.717, 1.165) is 13.0 Å². The van der Waals surface area contributed by atoms with Crippen LogP contribution >= 0.6 is 0 Å². The molecule has 0 aliphatic rings. The van der Waals surface area contributed by atoms with Crippen LogP contribution in [0, 0.1) is 6.92 Å². The van der Waals surface area contributed by atoms with Gasteiger partial charge >= 0.3 is 0 Å². The molecule has 0 aromatic heterocycles. The molecule has 2 heteroatoms. The summed E-state index contributed by atoms with van der Waals surface area (Å²) < 4.78 is 0. The molecule has 1 amide bonds. The monoisotopic (exact) mass is 233 g/mol. The van der Waals surface area contributed by atoms with Gasteiger partial charge in [0.05, 0.1) is 0 Å². The number of hydrogen-bond acceptors (Lipinski definition) is 1. The first-order chi connectivity index (χ1) is 7.83. The summed E-state index contributed by atoms with van der Waals surface area (Å²) in [5.41, 5.74) is 2.72. The van der Waals surface area contributed by atoms with E-state index in [-0.39, 0.29) is 11.3 Å². The van der Waals surface area contributed by atoms with Crippen molar-refractivity contribution in [3.8, 4) is 0 Å². The molecular formula is C15H23NO.